The third-order valence-corrected chi connectivity index (χ3v) is 3.86. The molecule has 2 rings (SSSR count). The quantitative estimate of drug-likeness (QED) is 0.903. The fraction of sp³-hybridized carbons (Fsp3) is 0.625. The maximum Gasteiger partial charge on any atom is 0.226 e. The van der Waals surface area contributed by atoms with E-state index in [-0.39, 0.29) is 17.9 Å². The van der Waals surface area contributed by atoms with Crippen molar-refractivity contribution < 1.29 is 14.3 Å². The Kier molecular flexibility index (Phi) is 5.56. The van der Waals surface area contributed by atoms with E-state index in [0.29, 0.717) is 18.3 Å². The topological polar surface area (TPSA) is 60.5 Å². The molecule has 1 aliphatic rings. The first-order chi connectivity index (χ1) is 10.1. The van der Waals surface area contributed by atoms with Gasteiger partial charge in [-0.15, -0.1) is 0 Å². The van der Waals surface area contributed by atoms with Gasteiger partial charge in [-0.2, -0.15) is 0 Å². The summed E-state index contributed by atoms with van der Waals surface area (Å²) in [6.07, 6.45) is 3.51. The van der Waals surface area contributed by atoms with Crippen LogP contribution in [0.2, 0.25) is 0 Å². The Morgan fingerprint density at radius 2 is 2.38 bits per heavy atom. The van der Waals surface area contributed by atoms with Crippen LogP contribution in [0.1, 0.15) is 32.3 Å². The molecule has 2 atom stereocenters. The SMILES string of the molecule is COc1ncccc1CNC(=O)[C@@H]1CCCO[C@@H]1C(C)C. The second kappa shape index (κ2) is 7.41. The summed E-state index contributed by atoms with van der Waals surface area (Å²) < 4.78 is 11.0. The van der Waals surface area contributed by atoms with Gasteiger partial charge in [-0.25, -0.2) is 4.98 Å². The van der Waals surface area contributed by atoms with E-state index in [1.54, 1.807) is 13.3 Å². The van der Waals surface area contributed by atoms with Gasteiger partial charge in [0.05, 0.1) is 19.1 Å². The first kappa shape index (κ1) is 15.8. The second-order valence-electron chi connectivity index (χ2n) is 5.72. The number of carbonyl (C=O) groups is 1. The van der Waals surface area contributed by atoms with Gasteiger partial charge >= 0.3 is 0 Å². The standard InChI is InChI=1S/C16H24N2O3/c1-11(2)14-13(7-5-9-21-14)15(19)18-10-12-6-4-8-17-16(12)20-3/h4,6,8,11,13-14H,5,7,9-10H2,1-3H3,(H,18,19)/t13-,14-/m1/s1. The molecule has 1 saturated heterocycles. The molecule has 21 heavy (non-hydrogen) atoms. The van der Waals surface area contributed by atoms with Gasteiger partial charge in [-0.3, -0.25) is 4.79 Å². The van der Waals surface area contributed by atoms with E-state index in [1.165, 1.54) is 0 Å². The van der Waals surface area contributed by atoms with E-state index >= 15 is 0 Å². The van der Waals surface area contributed by atoms with Crippen molar-refractivity contribution in [3.8, 4) is 5.88 Å². The molecule has 0 bridgehead atoms. The lowest BCUT2D eigenvalue weighted by atomic mass is 9.87. The molecule has 0 unspecified atom stereocenters. The highest BCUT2D eigenvalue weighted by molar-refractivity contribution is 5.79. The van der Waals surface area contributed by atoms with Crippen molar-refractivity contribution in [3.05, 3.63) is 23.9 Å². The summed E-state index contributed by atoms with van der Waals surface area (Å²) in [5.74, 6) is 0.882. The van der Waals surface area contributed by atoms with Crippen molar-refractivity contribution >= 4 is 5.91 Å². The maximum atomic E-state index is 12.4. The number of hydrogen-bond donors (Lipinski definition) is 1. The van der Waals surface area contributed by atoms with Crippen LogP contribution in [0.5, 0.6) is 5.88 Å². The van der Waals surface area contributed by atoms with Crippen LogP contribution in [0.25, 0.3) is 0 Å². The molecule has 2 heterocycles. The highest BCUT2D eigenvalue weighted by Crippen LogP contribution is 2.26. The monoisotopic (exact) mass is 292 g/mol. The lowest BCUT2D eigenvalue weighted by molar-refractivity contribution is -0.137. The number of rotatable bonds is 5. The van der Waals surface area contributed by atoms with E-state index in [1.807, 2.05) is 12.1 Å². The van der Waals surface area contributed by atoms with E-state index in [2.05, 4.69) is 24.1 Å². The van der Waals surface area contributed by atoms with Crippen LogP contribution in [0, 0.1) is 11.8 Å². The summed E-state index contributed by atoms with van der Waals surface area (Å²) in [4.78, 5) is 16.6. The number of aromatic nitrogens is 1. The Bertz CT molecular complexity index is 476. The summed E-state index contributed by atoms with van der Waals surface area (Å²) in [6, 6.07) is 3.74. The number of pyridine rings is 1. The Balaban J connectivity index is 1.97. The van der Waals surface area contributed by atoms with Gasteiger partial charge in [-0.1, -0.05) is 19.9 Å². The van der Waals surface area contributed by atoms with Crippen LogP contribution in [0.3, 0.4) is 0 Å². The Labute approximate surface area is 126 Å². The minimum atomic E-state index is -0.0681. The van der Waals surface area contributed by atoms with E-state index in [9.17, 15) is 4.79 Å². The predicted molar refractivity (Wildman–Crippen MR) is 79.9 cm³/mol. The van der Waals surface area contributed by atoms with E-state index < -0.39 is 0 Å². The zero-order valence-corrected chi connectivity index (χ0v) is 13.0. The smallest absolute Gasteiger partial charge is 0.226 e. The molecule has 1 aliphatic heterocycles. The van der Waals surface area contributed by atoms with Crippen molar-refractivity contribution in [2.45, 2.75) is 39.3 Å². The van der Waals surface area contributed by atoms with Gasteiger partial charge in [0, 0.05) is 24.9 Å². The van der Waals surface area contributed by atoms with E-state index in [0.717, 1.165) is 25.0 Å². The van der Waals surface area contributed by atoms with Crippen LogP contribution in [0.4, 0.5) is 0 Å². The highest BCUT2D eigenvalue weighted by Gasteiger charge is 2.33. The minimum Gasteiger partial charge on any atom is -0.481 e. The first-order valence-corrected chi connectivity index (χ1v) is 7.50. The summed E-state index contributed by atoms with van der Waals surface area (Å²) in [5.41, 5.74) is 0.881. The fourth-order valence-electron chi connectivity index (χ4n) is 2.80. The lowest BCUT2D eigenvalue weighted by Crippen LogP contribution is -2.43. The Morgan fingerprint density at radius 3 is 3.10 bits per heavy atom. The number of nitrogens with zero attached hydrogens (tertiary/aromatic N) is 1. The number of carbonyl (C=O) groups excluding carboxylic acids is 1. The van der Waals surface area contributed by atoms with Gasteiger partial charge in [0.1, 0.15) is 0 Å². The third kappa shape index (κ3) is 3.94. The van der Waals surface area contributed by atoms with Crippen LogP contribution in [-0.2, 0) is 16.1 Å². The maximum absolute atomic E-state index is 12.4. The normalized spacial score (nSPS) is 22.1. The predicted octanol–water partition coefficient (Wildman–Crippen LogP) is 2.16. The van der Waals surface area contributed by atoms with Gasteiger partial charge < -0.3 is 14.8 Å². The zero-order chi connectivity index (χ0) is 15.2. The summed E-state index contributed by atoms with van der Waals surface area (Å²) in [5, 5.41) is 2.99. The summed E-state index contributed by atoms with van der Waals surface area (Å²) >= 11 is 0. The molecule has 0 saturated carbocycles. The number of hydrogen-bond acceptors (Lipinski definition) is 4. The van der Waals surface area contributed by atoms with Crippen molar-refractivity contribution in [1.29, 1.82) is 0 Å². The van der Waals surface area contributed by atoms with Crippen LogP contribution in [-0.4, -0.2) is 30.7 Å². The fourth-order valence-corrected chi connectivity index (χ4v) is 2.80. The molecule has 116 valence electrons. The molecule has 1 N–H and O–H groups in total. The second-order valence-corrected chi connectivity index (χ2v) is 5.72. The molecule has 0 radical (unpaired) electrons. The molecule has 0 aromatic carbocycles. The van der Waals surface area contributed by atoms with Crippen molar-refractivity contribution in [3.63, 3.8) is 0 Å². The minimum absolute atomic E-state index is 0.00884. The highest BCUT2D eigenvalue weighted by atomic mass is 16.5. The van der Waals surface area contributed by atoms with Gasteiger partial charge in [-0.05, 0) is 24.8 Å². The Hall–Kier alpha value is -1.62. The molecule has 1 fully saturated rings. The molecular weight excluding hydrogens is 268 g/mol. The number of amides is 1. The molecule has 5 heteroatoms. The molecule has 0 spiro atoms. The van der Waals surface area contributed by atoms with Gasteiger partial charge in [0.25, 0.3) is 0 Å². The molecule has 0 aliphatic carbocycles. The van der Waals surface area contributed by atoms with Gasteiger partial charge in [0.15, 0.2) is 0 Å². The lowest BCUT2D eigenvalue weighted by Gasteiger charge is -2.33. The van der Waals surface area contributed by atoms with Crippen LogP contribution in [0.15, 0.2) is 18.3 Å². The Morgan fingerprint density at radius 1 is 1.57 bits per heavy atom. The number of ether oxygens (including phenoxy) is 2. The van der Waals surface area contributed by atoms with Crippen molar-refractivity contribution in [2.75, 3.05) is 13.7 Å². The molecule has 5 nitrogen and oxygen atoms in total. The van der Waals surface area contributed by atoms with Gasteiger partial charge in [0.2, 0.25) is 11.8 Å². The average Bonchev–Trinajstić information content (AvgIpc) is 2.52. The van der Waals surface area contributed by atoms with E-state index in [4.69, 9.17) is 9.47 Å². The molecule has 1 aromatic heterocycles. The third-order valence-electron chi connectivity index (χ3n) is 3.86. The average molecular weight is 292 g/mol. The summed E-state index contributed by atoms with van der Waals surface area (Å²) in [7, 11) is 1.58. The molecule has 1 amide bonds. The largest absolute Gasteiger partial charge is 0.481 e. The van der Waals surface area contributed by atoms with Crippen molar-refractivity contribution in [2.24, 2.45) is 11.8 Å². The molecular formula is C16H24N2O3. The van der Waals surface area contributed by atoms with Crippen molar-refractivity contribution in [1.82, 2.24) is 10.3 Å². The first-order valence-electron chi connectivity index (χ1n) is 7.50. The number of methoxy groups -OCH3 is 1. The number of nitrogens with one attached hydrogen (secondary N) is 1. The van der Waals surface area contributed by atoms with Crippen LogP contribution >= 0.6 is 0 Å². The van der Waals surface area contributed by atoms with Crippen LogP contribution < -0.4 is 10.1 Å². The summed E-state index contributed by atoms with van der Waals surface area (Å²) in [6.45, 7) is 5.38. The zero-order valence-electron chi connectivity index (χ0n) is 13.0. The molecule has 1 aromatic rings.